The van der Waals surface area contributed by atoms with E-state index in [0.717, 1.165) is 17.1 Å². The lowest BCUT2D eigenvalue weighted by atomic mass is 10.1. The molecule has 0 bridgehead atoms. The SMILES string of the molecule is COCC(Nc1cc(Nc2cc(C3CC3)[nH]n2)nc(N)n1)c1ccccc1. The Morgan fingerprint density at radius 2 is 1.93 bits per heavy atom. The molecule has 1 unspecified atom stereocenters. The summed E-state index contributed by atoms with van der Waals surface area (Å²) in [6, 6.07) is 13.8. The summed E-state index contributed by atoms with van der Waals surface area (Å²) in [6.45, 7) is 0.501. The molecular formula is C19H23N7O. The van der Waals surface area contributed by atoms with Crippen molar-refractivity contribution < 1.29 is 4.74 Å². The summed E-state index contributed by atoms with van der Waals surface area (Å²) in [5.74, 6) is 2.72. The van der Waals surface area contributed by atoms with Gasteiger partial charge in [-0.3, -0.25) is 5.10 Å². The molecule has 1 aliphatic rings. The lowest BCUT2D eigenvalue weighted by Crippen LogP contribution is -2.17. The predicted octanol–water partition coefficient (Wildman–Crippen LogP) is 3.20. The van der Waals surface area contributed by atoms with Gasteiger partial charge in [0, 0.05) is 30.9 Å². The van der Waals surface area contributed by atoms with Crippen LogP contribution in [0.3, 0.4) is 0 Å². The Labute approximate surface area is 157 Å². The summed E-state index contributed by atoms with van der Waals surface area (Å²) in [7, 11) is 1.67. The number of hydrogen-bond donors (Lipinski definition) is 4. The summed E-state index contributed by atoms with van der Waals surface area (Å²) >= 11 is 0. The van der Waals surface area contributed by atoms with Crippen LogP contribution in [0.25, 0.3) is 0 Å². The molecule has 0 aliphatic heterocycles. The number of aromatic amines is 1. The summed E-state index contributed by atoms with van der Waals surface area (Å²) in [5.41, 5.74) is 8.16. The average molecular weight is 365 g/mol. The van der Waals surface area contributed by atoms with Gasteiger partial charge in [-0.25, -0.2) is 0 Å². The molecule has 0 spiro atoms. The highest BCUT2D eigenvalue weighted by Gasteiger charge is 2.25. The Bertz CT molecular complexity index is 892. The molecule has 140 valence electrons. The fourth-order valence-electron chi connectivity index (χ4n) is 2.99. The van der Waals surface area contributed by atoms with Crippen LogP contribution in [0.4, 0.5) is 23.4 Å². The van der Waals surface area contributed by atoms with Gasteiger partial charge in [0.05, 0.1) is 12.6 Å². The first-order valence-corrected chi connectivity index (χ1v) is 8.98. The number of nitrogens with two attached hydrogens (primary N) is 1. The molecule has 5 N–H and O–H groups in total. The molecule has 0 amide bonds. The lowest BCUT2D eigenvalue weighted by molar-refractivity contribution is 0.186. The fourth-order valence-corrected chi connectivity index (χ4v) is 2.99. The van der Waals surface area contributed by atoms with Gasteiger partial charge in [-0.2, -0.15) is 15.1 Å². The van der Waals surface area contributed by atoms with Gasteiger partial charge < -0.3 is 21.1 Å². The van der Waals surface area contributed by atoms with E-state index in [4.69, 9.17) is 10.5 Å². The van der Waals surface area contributed by atoms with Crippen LogP contribution in [0.5, 0.6) is 0 Å². The zero-order valence-corrected chi connectivity index (χ0v) is 15.1. The van der Waals surface area contributed by atoms with Gasteiger partial charge in [0.15, 0.2) is 5.82 Å². The summed E-state index contributed by atoms with van der Waals surface area (Å²) < 4.78 is 5.35. The fraction of sp³-hybridized carbons (Fsp3) is 0.316. The van der Waals surface area contributed by atoms with Crippen molar-refractivity contribution in [1.29, 1.82) is 0 Å². The third-order valence-corrected chi connectivity index (χ3v) is 4.47. The first-order valence-electron chi connectivity index (χ1n) is 8.98. The Morgan fingerprint density at radius 1 is 1.15 bits per heavy atom. The molecule has 1 saturated carbocycles. The molecule has 27 heavy (non-hydrogen) atoms. The van der Waals surface area contributed by atoms with E-state index >= 15 is 0 Å². The van der Waals surface area contributed by atoms with E-state index in [-0.39, 0.29) is 12.0 Å². The number of H-pyrrole nitrogens is 1. The summed E-state index contributed by atoms with van der Waals surface area (Å²) in [4.78, 5) is 8.55. The molecule has 8 heteroatoms. The van der Waals surface area contributed by atoms with Crippen LogP contribution in [-0.4, -0.2) is 33.9 Å². The number of methoxy groups -OCH3 is 1. The molecule has 2 aromatic heterocycles. The van der Waals surface area contributed by atoms with Crippen molar-refractivity contribution in [2.45, 2.75) is 24.8 Å². The molecule has 1 fully saturated rings. The number of anilines is 4. The lowest BCUT2D eigenvalue weighted by Gasteiger charge is -2.19. The van der Waals surface area contributed by atoms with Crippen LogP contribution in [-0.2, 0) is 4.74 Å². The van der Waals surface area contributed by atoms with E-state index in [0.29, 0.717) is 24.2 Å². The van der Waals surface area contributed by atoms with Gasteiger partial charge in [-0.1, -0.05) is 30.3 Å². The van der Waals surface area contributed by atoms with Crippen molar-refractivity contribution in [3.05, 3.63) is 53.7 Å². The van der Waals surface area contributed by atoms with E-state index in [2.05, 4.69) is 30.8 Å². The maximum Gasteiger partial charge on any atom is 0.223 e. The number of nitrogen functional groups attached to an aromatic ring is 1. The monoisotopic (exact) mass is 365 g/mol. The van der Waals surface area contributed by atoms with Crippen LogP contribution in [0.15, 0.2) is 42.5 Å². The molecule has 1 aromatic carbocycles. The molecule has 1 aliphatic carbocycles. The second-order valence-electron chi connectivity index (χ2n) is 6.67. The van der Waals surface area contributed by atoms with Gasteiger partial charge >= 0.3 is 0 Å². The van der Waals surface area contributed by atoms with E-state index in [1.165, 1.54) is 12.8 Å². The quantitative estimate of drug-likeness (QED) is 0.485. The predicted molar refractivity (Wildman–Crippen MR) is 105 cm³/mol. The molecule has 0 radical (unpaired) electrons. The van der Waals surface area contributed by atoms with Crippen LogP contribution < -0.4 is 16.4 Å². The topological polar surface area (TPSA) is 114 Å². The minimum absolute atomic E-state index is 0.0507. The van der Waals surface area contributed by atoms with E-state index in [1.807, 2.05) is 42.5 Å². The number of nitrogens with zero attached hydrogens (tertiary/aromatic N) is 3. The number of benzene rings is 1. The van der Waals surface area contributed by atoms with E-state index in [9.17, 15) is 0 Å². The van der Waals surface area contributed by atoms with Crippen molar-refractivity contribution in [3.8, 4) is 0 Å². The van der Waals surface area contributed by atoms with Crippen LogP contribution in [0, 0.1) is 0 Å². The zero-order valence-electron chi connectivity index (χ0n) is 15.1. The second kappa shape index (κ2) is 7.63. The summed E-state index contributed by atoms with van der Waals surface area (Å²) in [5, 5.41) is 13.9. The number of rotatable bonds is 8. The first-order chi connectivity index (χ1) is 13.2. The number of ether oxygens (including phenoxy) is 1. The first kappa shape index (κ1) is 17.3. The minimum atomic E-state index is -0.0507. The average Bonchev–Trinajstić information content (AvgIpc) is 3.41. The van der Waals surface area contributed by atoms with E-state index < -0.39 is 0 Å². The molecule has 1 atom stereocenters. The number of aromatic nitrogens is 4. The normalized spacial score (nSPS) is 14.7. The second-order valence-corrected chi connectivity index (χ2v) is 6.67. The third-order valence-electron chi connectivity index (χ3n) is 4.47. The van der Waals surface area contributed by atoms with Crippen LogP contribution in [0.1, 0.15) is 36.1 Å². The van der Waals surface area contributed by atoms with Gasteiger partial charge in [0.1, 0.15) is 11.6 Å². The van der Waals surface area contributed by atoms with E-state index in [1.54, 1.807) is 7.11 Å². The zero-order chi connectivity index (χ0) is 18.6. The van der Waals surface area contributed by atoms with Gasteiger partial charge in [-0.15, -0.1) is 0 Å². The Balaban J connectivity index is 1.51. The highest BCUT2D eigenvalue weighted by atomic mass is 16.5. The third kappa shape index (κ3) is 4.35. The van der Waals surface area contributed by atoms with Crippen molar-refractivity contribution in [2.24, 2.45) is 0 Å². The van der Waals surface area contributed by atoms with Crippen molar-refractivity contribution in [2.75, 3.05) is 30.1 Å². The van der Waals surface area contributed by atoms with Gasteiger partial charge in [-0.05, 0) is 18.4 Å². The van der Waals surface area contributed by atoms with Crippen LogP contribution >= 0.6 is 0 Å². The molecule has 4 rings (SSSR count). The number of nitrogens with one attached hydrogen (secondary N) is 3. The summed E-state index contributed by atoms with van der Waals surface area (Å²) in [6.07, 6.45) is 2.44. The van der Waals surface area contributed by atoms with Crippen molar-refractivity contribution >= 4 is 23.4 Å². The Kier molecular flexibility index (Phi) is 4.88. The van der Waals surface area contributed by atoms with Crippen molar-refractivity contribution in [1.82, 2.24) is 20.2 Å². The Morgan fingerprint density at radius 3 is 2.67 bits per heavy atom. The number of hydrogen-bond acceptors (Lipinski definition) is 7. The van der Waals surface area contributed by atoms with Gasteiger partial charge in [0.25, 0.3) is 0 Å². The minimum Gasteiger partial charge on any atom is -0.382 e. The molecule has 3 aromatic rings. The van der Waals surface area contributed by atoms with Crippen LogP contribution in [0.2, 0.25) is 0 Å². The standard InChI is InChI=1S/C19H23N7O/c1-27-11-15(12-5-3-2-4-6-12)21-16-10-17(24-19(20)23-16)22-18-9-14(25-26-18)13-7-8-13/h2-6,9-10,13,15H,7-8,11H2,1H3,(H5,20,21,22,23,24,25,26). The largest absolute Gasteiger partial charge is 0.382 e. The molecule has 2 heterocycles. The molecular weight excluding hydrogens is 342 g/mol. The maximum atomic E-state index is 5.90. The molecule has 0 saturated heterocycles. The smallest absolute Gasteiger partial charge is 0.223 e. The maximum absolute atomic E-state index is 5.90. The van der Waals surface area contributed by atoms with Crippen molar-refractivity contribution in [3.63, 3.8) is 0 Å². The highest BCUT2D eigenvalue weighted by Crippen LogP contribution is 2.39. The van der Waals surface area contributed by atoms with Gasteiger partial charge in [0.2, 0.25) is 5.95 Å². The highest BCUT2D eigenvalue weighted by molar-refractivity contribution is 5.59. The Hall–Kier alpha value is -3.13. The molecule has 8 nitrogen and oxygen atoms in total.